The van der Waals surface area contributed by atoms with Crippen LogP contribution in [0.2, 0.25) is 0 Å². The number of nitrogens with one attached hydrogen (secondary N) is 2. The number of carbonyl (C=O) groups is 4. The minimum atomic E-state index is -1.14. The van der Waals surface area contributed by atoms with Crippen LogP contribution < -0.4 is 10.6 Å². The number of unbranched alkanes of at least 4 members (excludes halogenated alkanes) is 5. The van der Waals surface area contributed by atoms with Gasteiger partial charge in [0.05, 0.1) is 0 Å². The standard InChI is InChI=1S/C18H32N2O6/c1-2-13-19-15(21)12-11-14(18(25)26)20-16(22)9-7-5-3-4-6-8-10-17(23)24/h14H,2-13H2,1H3,(H,19,21)(H,20,22)(H,23,24)(H,25,26). The van der Waals surface area contributed by atoms with Crippen LogP contribution in [0.5, 0.6) is 0 Å². The van der Waals surface area contributed by atoms with Gasteiger partial charge in [-0.05, 0) is 25.7 Å². The first kappa shape index (κ1) is 23.9. The Morgan fingerprint density at radius 3 is 1.92 bits per heavy atom. The van der Waals surface area contributed by atoms with E-state index < -0.39 is 18.0 Å². The molecule has 0 aliphatic rings. The molecule has 0 heterocycles. The number of amides is 2. The highest BCUT2D eigenvalue weighted by Crippen LogP contribution is 2.09. The second-order valence-electron chi connectivity index (χ2n) is 6.36. The zero-order valence-electron chi connectivity index (χ0n) is 15.6. The van der Waals surface area contributed by atoms with E-state index in [1.165, 1.54) is 0 Å². The summed E-state index contributed by atoms with van der Waals surface area (Å²) in [5.41, 5.74) is 0. The van der Waals surface area contributed by atoms with Gasteiger partial charge in [-0.25, -0.2) is 4.79 Å². The van der Waals surface area contributed by atoms with E-state index >= 15 is 0 Å². The van der Waals surface area contributed by atoms with Crippen LogP contribution in [0.15, 0.2) is 0 Å². The van der Waals surface area contributed by atoms with Crippen molar-refractivity contribution in [2.45, 2.75) is 83.6 Å². The van der Waals surface area contributed by atoms with Crippen LogP contribution in [0.25, 0.3) is 0 Å². The molecule has 0 saturated carbocycles. The number of carboxylic acid groups (broad SMARTS) is 2. The summed E-state index contributed by atoms with van der Waals surface area (Å²) in [5.74, 6) is -2.45. The van der Waals surface area contributed by atoms with Crippen LogP contribution >= 0.6 is 0 Å². The van der Waals surface area contributed by atoms with Crippen molar-refractivity contribution in [2.75, 3.05) is 6.54 Å². The molecule has 1 atom stereocenters. The Balaban J connectivity index is 3.86. The molecule has 0 radical (unpaired) electrons. The molecule has 0 rings (SSSR count). The maximum absolute atomic E-state index is 11.8. The molecule has 0 fully saturated rings. The minimum absolute atomic E-state index is 0.0631. The fourth-order valence-corrected chi connectivity index (χ4v) is 2.42. The maximum atomic E-state index is 11.8. The quantitative estimate of drug-likeness (QED) is 0.307. The Morgan fingerprint density at radius 1 is 0.808 bits per heavy atom. The summed E-state index contributed by atoms with van der Waals surface area (Å²) in [7, 11) is 0. The molecule has 0 aliphatic carbocycles. The highest BCUT2D eigenvalue weighted by molar-refractivity contribution is 5.84. The number of rotatable bonds is 16. The van der Waals surface area contributed by atoms with Crippen LogP contribution in [-0.4, -0.2) is 46.6 Å². The van der Waals surface area contributed by atoms with Crippen molar-refractivity contribution < 1.29 is 29.4 Å². The number of aliphatic carboxylic acids is 2. The normalized spacial score (nSPS) is 11.6. The average molecular weight is 372 g/mol. The summed E-state index contributed by atoms with van der Waals surface area (Å²) < 4.78 is 0. The lowest BCUT2D eigenvalue weighted by Crippen LogP contribution is -2.41. The van der Waals surface area contributed by atoms with E-state index in [0.717, 1.165) is 32.1 Å². The molecular formula is C18H32N2O6. The Bertz CT molecular complexity index is 453. The van der Waals surface area contributed by atoms with E-state index in [2.05, 4.69) is 10.6 Å². The monoisotopic (exact) mass is 372 g/mol. The van der Waals surface area contributed by atoms with Crippen LogP contribution in [0.1, 0.15) is 77.6 Å². The van der Waals surface area contributed by atoms with Crippen molar-refractivity contribution in [3.8, 4) is 0 Å². The zero-order valence-corrected chi connectivity index (χ0v) is 15.6. The van der Waals surface area contributed by atoms with Gasteiger partial charge in [-0.1, -0.05) is 32.6 Å². The first-order chi connectivity index (χ1) is 12.4. The summed E-state index contributed by atoms with van der Waals surface area (Å²) in [6, 6.07) is -1.05. The fourth-order valence-electron chi connectivity index (χ4n) is 2.42. The molecule has 4 N–H and O–H groups in total. The molecule has 8 heteroatoms. The fraction of sp³-hybridized carbons (Fsp3) is 0.778. The summed E-state index contributed by atoms with van der Waals surface area (Å²) in [4.78, 5) is 44.9. The molecule has 0 aliphatic heterocycles. The number of carboxylic acids is 2. The molecule has 2 amide bonds. The van der Waals surface area contributed by atoms with Crippen molar-refractivity contribution >= 4 is 23.8 Å². The first-order valence-electron chi connectivity index (χ1n) is 9.37. The molecule has 0 aromatic carbocycles. The van der Waals surface area contributed by atoms with E-state index in [1.54, 1.807) is 0 Å². The summed E-state index contributed by atoms with van der Waals surface area (Å²) in [6.45, 7) is 2.48. The number of hydrogen-bond donors (Lipinski definition) is 4. The van der Waals surface area contributed by atoms with Crippen LogP contribution in [0.4, 0.5) is 0 Å². The highest BCUT2D eigenvalue weighted by Gasteiger charge is 2.20. The van der Waals surface area contributed by atoms with Crippen molar-refractivity contribution in [3.05, 3.63) is 0 Å². The largest absolute Gasteiger partial charge is 0.481 e. The lowest BCUT2D eigenvalue weighted by molar-refractivity contribution is -0.142. The molecule has 150 valence electrons. The predicted octanol–water partition coefficient (Wildman–Crippen LogP) is 2.07. The van der Waals surface area contributed by atoms with Crippen LogP contribution in [0.3, 0.4) is 0 Å². The van der Waals surface area contributed by atoms with Gasteiger partial charge < -0.3 is 20.8 Å². The van der Waals surface area contributed by atoms with Gasteiger partial charge >= 0.3 is 11.9 Å². The molecular weight excluding hydrogens is 340 g/mol. The van der Waals surface area contributed by atoms with E-state index in [0.29, 0.717) is 19.4 Å². The SMILES string of the molecule is CCCNC(=O)CCC(NC(=O)CCCCCCCCC(=O)O)C(=O)O. The van der Waals surface area contributed by atoms with Crippen molar-refractivity contribution in [1.29, 1.82) is 0 Å². The molecule has 8 nitrogen and oxygen atoms in total. The lowest BCUT2D eigenvalue weighted by atomic mass is 10.1. The van der Waals surface area contributed by atoms with Crippen molar-refractivity contribution in [2.24, 2.45) is 0 Å². The first-order valence-corrected chi connectivity index (χ1v) is 9.37. The molecule has 0 bridgehead atoms. The van der Waals surface area contributed by atoms with Crippen LogP contribution in [0, 0.1) is 0 Å². The summed E-state index contributed by atoms with van der Waals surface area (Å²) in [5, 5.41) is 22.8. The van der Waals surface area contributed by atoms with E-state index in [9.17, 15) is 19.2 Å². The lowest BCUT2D eigenvalue weighted by Gasteiger charge is -2.14. The van der Waals surface area contributed by atoms with Crippen LogP contribution in [-0.2, 0) is 19.2 Å². The third-order valence-corrected chi connectivity index (χ3v) is 3.91. The van der Waals surface area contributed by atoms with Gasteiger partial charge in [-0.15, -0.1) is 0 Å². The van der Waals surface area contributed by atoms with E-state index in [-0.39, 0.29) is 37.5 Å². The average Bonchev–Trinajstić information content (AvgIpc) is 2.58. The minimum Gasteiger partial charge on any atom is -0.481 e. The number of carbonyl (C=O) groups excluding carboxylic acids is 2. The van der Waals surface area contributed by atoms with E-state index in [1.807, 2.05) is 6.92 Å². The second-order valence-corrected chi connectivity index (χ2v) is 6.36. The Kier molecular flexibility index (Phi) is 13.9. The second kappa shape index (κ2) is 15.2. The third-order valence-electron chi connectivity index (χ3n) is 3.91. The van der Waals surface area contributed by atoms with Gasteiger partial charge in [0.1, 0.15) is 6.04 Å². The zero-order chi connectivity index (χ0) is 19.8. The van der Waals surface area contributed by atoms with Crippen molar-refractivity contribution in [1.82, 2.24) is 10.6 Å². The molecule has 1 unspecified atom stereocenters. The third kappa shape index (κ3) is 14.2. The van der Waals surface area contributed by atoms with Gasteiger partial charge in [0.15, 0.2) is 0 Å². The van der Waals surface area contributed by atoms with Crippen molar-refractivity contribution in [3.63, 3.8) is 0 Å². The van der Waals surface area contributed by atoms with Gasteiger partial charge in [0, 0.05) is 25.8 Å². The molecule has 0 aromatic heterocycles. The molecule has 0 aromatic rings. The molecule has 0 spiro atoms. The smallest absolute Gasteiger partial charge is 0.326 e. The molecule has 26 heavy (non-hydrogen) atoms. The number of hydrogen-bond acceptors (Lipinski definition) is 4. The van der Waals surface area contributed by atoms with Gasteiger partial charge in [-0.3, -0.25) is 14.4 Å². The summed E-state index contributed by atoms with van der Waals surface area (Å²) in [6.07, 6.45) is 6.27. The molecule has 0 saturated heterocycles. The topological polar surface area (TPSA) is 133 Å². The summed E-state index contributed by atoms with van der Waals surface area (Å²) >= 11 is 0. The Hall–Kier alpha value is -2.12. The maximum Gasteiger partial charge on any atom is 0.326 e. The van der Waals surface area contributed by atoms with Gasteiger partial charge in [-0.2, -0.15) is 0 Å². The Morgan fingerprint density at radius 2 is 1.38 bits per heavy atom. The highest BCUT2D eigenvalue weighted by atomic mass is 16.4. The Labute approximate surface area is 154 Å². The van der Waals surface area contributed by atoms with Gasteiger partial charge in [0.25, 0.3) is 0 Å². The predicted molar refractivity (Wildman–Crippen MR) is 96.7 cm³/mol. The van der Waals surface area contributed by atoms with Gasteiger partial charge in [0.2, 0.25) is 11.8 Å². The van der Waals surface area contributed by atoms with E-state index in [4.69, 9.17) is 10.2 Å².